The van der Waals surface area contributed by atoms with Crippen LogP contribution >= 0.6 is 0 Å². The molecule has 7 heteroatoms. The van der Waals surface area contributed by atoms with Crippen LogP contribution in [-0.4, -0.2) is 55.7 Å². The van der Waals surface area contributed by atoms with Gasteiger partial charge in [0.1, 0.15) is 11.9 Å². The van der Waals surface area contributed by atoms with Crippen molar-refractivity contribution in [3.05, 3.63) is 48.8 Å². The molecule has 0 amide bonds. The molecule has 1 aromatic carbocycles. The van der Waals surface area contributed by atoms with Crippen molar-refractivity contribution in [3.8, 4) is 0 Å². The van der Waals surface area contributed by atoms with Gasteiger partial charge in [-0.05, 0) is 38.1 Å². The standard InChI is InChI=1S/C23H29N5O2/c1-2-21-24-9-12-27(21)14-13-26-10-7-23(8-11-26)15-18(30-22(23)29)16-28-17-25-19-5-3-4-6-20(19)28/h3-6,9,12,17-18H,2,7-8,10-11,13-16H2,1H3. The molecule has 2 fully saturated rings. The number of likely N-dealkylation sites (tertiary alicyclic amines) is 1. The van der Waals surface area contributed by atoms with Crippen molar-refractivity contribution in [3.63, 3.8) is 0 Å². The molecule has 7 nitrogen and oxygen atoms in total. The van der Waals surface area contributed by atoms with E-state index in [0.717, 1.165) is 68.7 Å². The Morgan fingerprint density at radius 2 is 1.97 bits per heavy atom. The highest BCUT2D eigenvalue weighted by molar-refractivity contribution is 5.79. The van der Waals surface area contributed by atoms with Gasteiger partial charge >= 0.3 is 5.97 Å². The molecule has 2 aliphatic rings. The topological polar surface area (TPSA) is 65.2 Å². The van der Waals surface area contributed by atoms with Crippen LogP contribution in [0.2, 0.25) is 0 Å². The van der Waals surface area contributed by atoms with Crippen LogP contribution in [0.1, 0.15) is 32.0 Å². The van der Waals surface area contributed by atoms with Gasteiger partial charge in [-0.3, -0.25) is 4.79 Å². The van der Waals surface area contributed by atoms with Gasteiger partial charge < -0.3 is 18.8 Å². The van der Waals surface area contributed by atoms with Gasteiger partial charge in [-0.2, -0.15) is 0 Å². The van der Waals surface area contributed by atoms with E-state index in [-0.39, 0.29) is 17.5 Å². The molecule has 3 aromatic rings. The molecule has 0 bridgehead atoms. The molecule has 1 spiro atoms. The van der Waals surface area contributed by atoms with Crippen LogP contribution in [0.5, 0.6) is 0 Å². The van der Waals surface area contributed by atoms with E-state index in [1.165, 1.54) is 0 Å². The number of esters is 1. The van der Waals surface area contributed by atoms with E-state index in [1.807, 2.05) is 30.7 Å². The number of aromatic nitrogens is 4. The Balaban J connectivity index is 1.18. The summed E-state index contributed by atoms with van der Waals surface area (Å²) < 4.78 is 10.2. The maximum Gasteiger partial charge on any atom is 0.312 e. The number of aryl methyl sites for hydroxylation is 1. The summed E-state index contributed by atoms with van der Waals surface area (Å²) in [5, 5.41) is 0. The quantitative estimate of drug-likeness (QED) is 0.588. The molecule has 2 aromatic heterocycles. The zero-order chi connectivity index (χ0) is 20.6. The van der Waals surface area contributed by atoms with E-state index in [2.05, 4.69) is 43.2 Å². The predicted molar refractivity (Wildman–Crippen MR) is 114 cm³/mol. The number of piperidine rings is 1. The highest BCUT2D eigenvalue weighted by atomic mass is 16.6. The average molecular weight is 408 g/mol. The van der Waals surface area contributed by atoms with Crippen LogP contribution in [0.25, 0.3) is 11.0 Å². The fourth-order valence-electron chi connectivity index (χ4n) is 5.03. The number of imidazole rings is 2. The Morgan fingerprint density at radius 1 is 1.13 bits per heavy atom. The Kier molecular flexibility index (Phi) is 5.06. The number of ether oxygens (including phenoxy) is 1. The van der Waals surface area contributed by atoms with E-state index in [9.17, 15) is 4.79 Å². The number of fused-ring (bicyclic) bond motifs is 1. The third-order valence-corrected chi connectivity index (χ3v) is 6.84. The largest absolute Gasteiger partial charge is 0.460 e. The lowest BCUT2D eigenvalue weighted by Crippen LogP contribution is -2.43. The van der Waals surface area contributed by atoms with Gasteiger partial charge in [-0.1, -0.05) is 19.1 Å². The minimum atomic E-state index is -0.304. The summed E-state index contributed by atoms with van der Waals surface area (Å²) in [6.07, 6.45) is 9.26. The molecule has 0 saturated carbocycles. The molecule has 158 valence electrons. The number of benzene rings is 1. The van der Waals surface area contributed by atoms with Crippen LogP contribution in [0, 0.1) is 5.41 Å². The number of hydrogen-bond donors (Lipinski definition) is 0. The average Bonchev–Trinajstić information content (AvgIpc) is 3.46. The number of rotatable bonds is 6. The van der Waals surface area contributed by atoms with Gasteiger partial charge in [0, 0.05) is 38.3 Å². The molecule has 30 heavy (non-hydrogen) atoms. The van der Waals surface area contributed by atoms with E-state index < -0.39 is 0 Å². The fourth-order valence-corrected chi connectivity index (χ4v) is 5.03. The first-order valence-electron chi connectivity index (χ1n) is 11.0. The number of nitrogens with zero attached hydrogens (tertiary/aromatic N) is 5. The summed E-state index contributed by atoms with van der Waals surface area (Å²) in [6, 6.07) is 8.09. The predicted octanol–water partition coefficient (Wildman–Crippen LogP) is 2.89. The van der Waals surface area contributed by atoms with Crippen LogP contribution < -0.4 is 0 Å². The lowest BCUT2D eigenvalue weighted by molar-refractivity contribution is -0.151. The van der Waals surface area contributed by atoms with Crippen molar-refractivity contribution in [1.29, 1.82) is 0 Å². The lowest BCUT2D eigenvalue weighted by atomic mass is 9.76. The van der Waals surface area contributed by atoms with Crippen molar-refractivity contribution < 1.29 is 9.53 Å². The molecule has 5 rings (SSSR count). The molecule has 1 atom stereocenters. The van der Waals surface area contributed by atoms with Gasteiger partial charge in [-0.25, -0.2) is 9.97 Å². The maximum absolute atomic E-state index is 12.8. The summed E-state index contributed by atoms with van der Waals surface area (Å²) >= 11 is 0. The normalized spacial score (nSPS) is 21.5. The minimum Gasteiger partial charge on any atom is -0.460 e. The first kappa shape index (κ1) is 19.3. The van der Waals surface area contributed by atoms with Crippen LogP contribution in [-0.2, 0) is 29.0 Å². The second-order valence-electron chi connectivity index (χ2n) is 8.63. The van der Waals surface area contributed by atoms with Crippen molar-refractivity contribution >= 4 is 17.0 Å². The molecule has 2 aliphatic heterocycles. The molecule has 0 radical (unpaired) electrons. The first-order valence-corrected chi connectivity index (χ1v) is 11.0. The Labute approximate surface area is 176 Å². The highest BCUT2D eigenvalue weighted by Gasteiger charge is 2.50. The Hall–Kier alpha value is -2.67. The summed E-state index contributed by atoms with van der Waals surface area (Å²) in [5.74, 6) is 1.14. The zero-order valence-electron chi connectivity index (χ0n) is 17.5. The molecule has 0 aliphatic carbocycles. The molecule has 0 N–H and O–H groups in total. The van der Waals surface area contributed by atoms with Crippen LogP contribution in [0.15, 0.2) is 43.0 Å². The first-order chi connectivity index (χ1) is 14.7. The van der Waals surface area contributed by atoms with Gasteiger partial charge in [-0.15, -0.1) is 0 Å². The van der Waals surface area contributed by atoms with Gasteiger partial charge in [0.15, 0.2) is 0 Å². The van der Waals surface area contributed by atoms with E-state index >= 15 is 0 Å². The number of carbonyl (C=O) groups is 1. The molecular weight excluding hydrogens is 378 g/mol. The third-order valence-electron chi connectivity index (χ3n) is 6.84. The number of hydrogen-bond acceptors (Lipinski definition) is 5. The SMILES string of the molecule is CCc1nccn1CCN1CCC2(CC1)CC(Cn1cnc3ccccc31)OC2=O. The van der Waals surface area contributed by atoms with Gasteiger partial charge in [0.2, 0.25) is 0 Å². The highest BCUT2D eigenvalue weighted by Crippen LogP contribution is 2.43. The molecule has 2 saturated heterocycles. The smallest absolute Gasteiger partial charge is 0.312 e. The fraction of sp³-hybridized carbons (Fsp3) is 0.522. The maximum atomic E-state index is 12.8. The monoisotopic (exact) mass is 407 g/mol. The second-order valence-corrected chi connectivity index (χ2v) is 8.63. The van der Waals surface area contributed by atoms with Gasteiger partial charge in [0.25, 0.3) is 0 Å². The van der Waals surface area contributed by atoms with Crippen molar-refractivity contribution in [2.24, 2.45) is 5.41 Å². The summed E-state index contributed by atoms with van der Waals surface area (Å²) in [6.45, 7) is 6.67. The number of cyclic esters (lactones) is 1. The van der Waals surface area contributed by atoms with E-state index in [1.54, 1.807) is 0 Å². The third kappa shape index (κ3) is 3.51. The lowest BCUT2D eigenvalue weighted by Gasteiger charge is -2.36. The summed E-state index contributed by atoms with van der Waals surface area (Å²) in [5.41, 5.74) is 1.77. The molecule has 4 heterocycles. The van der Waals surface area contributed by atoms with Crippen molar-refractivity contribution in [2.45, 2.75) is 51.8 Å². The van der Waals surface area contributed by atoms with E-state index in [0.29, 0.717) is 6.54 Å². The summed E-state index contributed by atoms with van der Waals surface area (Å²) in [7, 11) is 0. The molecular formula is C23H29N5O2. The van der Waals surface area contributed by atoms with Crippen LogP contribution in [0.4, 0.5) is 0 Å². The second kappa shape index (κ2) is 7.87. The molecule has 1 unspecified atom stereocenters. The van der Waals surface area contributed by atoms with Gasteiger partial charge in [0.05, 0.1) is 29.3 Å². The minimum absolute atomic E-state index is 0.000510. The van der Waals surface area contributed by atoms with Crippen molar-refractivity contribution in [2.75, 3.05) is 19.6 Å². The van der Waals surface area contributed by atoms with E-state index in [4.69, 9.17) is 4.74 Å². The zero-order valence-corrected chi connectivity index (χ0v) is 17.5. The summed E-state index contributed by atoms with van der Waals surface area (Å²) in [4.78, 5) is 24.1. The number of carbonyl (C=O) groups excluding carboxylic acids is 1. The van der Waals surface area contributed by atoms with Crippen molar-refractivity contribution in [1.82, 2.24) is 24.0 Å². The van der Waals surface area contributed by atoms with Crippen LogP contribution in [0.3, 0.4) is 0 Å². The Bertz CT molecular complexity index is 1030. The number of para-hydroxylation sites is 2. The Morgan fingerprint density at radius 3 is 2.80 bits per heavy atom.